The first kappa shape index (κ1) is 9.72. The van der Waals surface area contributed by atoms with Gasteiger partial charge in [-0.05, 0) is 0 Å². The molecule has 0 amide bonds. The van der Waals surface area contributed by atoms with Crippen LogP contribution in [0.15, 0.2) is 0 Å². The Bertz CT molecular complexity index is 95.0. The van der Waals surface area contributed by atoms with E-state index in [2.05, 4.69) is 4.74 Å². The fourth-order valence-corrected chi connectivity index (χ4v) is 0.505. The predicted molar refractivity (Wildman–Crippen MR) is 38.2 cm³/mol. The van der Waals surface area contributed by atoms with Crippen LogP contribution in [-0.2, 0) is 14.3 Å². The van der Waals surface area contributed by atoms with Crippen LogP contribution in [0.3, 0.4) is 0 Å². The molecule has 0 aromatic carbocycles. The molecule has 0 aliphatic rings. The number of esters is 1. The Morgan fingerprint density at radius 1 is 1.50 bits per heavy atom. The monoisotopic (exact) mass is 166 g/mol. The molecule has 0 saturated carbocycles. The molecular weight excluding hydrogens is 156 g/mol. The summed E-state index contributed by atoms with van der Waals surface area (Å²) in [6, 6.07) is 0. The van der Waals surface area contributed by atoms with Gasteiger partial charge in [0.1, 0.15) is 5.88 Å². The summed E-state index contributed by atoms with van der Waals surface area (Å²) in [5, 5.41) is 0. The Morgan fingerprint density at radius 2 is 2.20 bits per heavy atom. The van der Waals surface area contributed by atoms with E-state index in [1.165, 1.54) is 0 Å². The van der Waals surface area contributed by atoms with E-state index in [-0.39, 0.29) is 11.8 Å². The molecule has 0 radical (unpaired) electrons. The first-order valence-corrected chi connectivity index (χ1v) is 3.55. The van der Waals surface area contributed by atoms with Gasteiger partial charge in [0, 0.05) is 20.1 Å². The molecule has 0 rings (SSSR count). The van der Waals surface area contributed by atoms with E-state index in [1.807, 2.05) is 0 Å². The number of carbonyl (C=O) groups excluding carboxylic acids is 1. The third kappa shape index (κ3) is 5.85. The van der Waals surface area contributed by atoms with Crippen LogP contribution in [0.2, 0.25) is 0 Å². The van der Waals surface area contributed by atoms with E-state index < -0.39 is 0 Å². The van der Waals surface area contributed by atoms with Crippen molar-refractivity contribution >= 4 is 17.6 Å². The second kappa shape index (κ2) is 6.83. The second-order valence-corrected chi connectivity index (χ2v) is 1.97. The lowest BCUT2D eigenvalue weighted by atomic mass is 10.5. The highest BCUT2D eigenvalue weighted by molar-refractivity contribution is 6.26. The topological polar surface area (TPSA) is 35.5 Å². The second-order valence-electron chi connectivity index (χ2n) is 1.70. The third-order valence-corrected chi connectivity index (χ3v) is 1.08. The van der Waals surface area contributed by atoms with Gasteiger partial charge >= 0.3 is 5.97 Å². The van der Waals surface area contributed by atoms with Gasteiger partial charge in [-0.1, -0.05) is 0 Å². The van der Waals surface area contributed by atoms with Crippen molar-refractivity contribution in [1.82, 2.24) is 0 Å². The largest absolute Gasteiger partial charge is 0.465 e. The molecule has 0 saturated heterocycles. The molecule has 10 heavy (non-hydrogen) atoms. The lowest BCUT2D eigenvalue weighted by molar-refractivity contribution is -0.140. The van der Waals surface area contributed by atoms with E-state index in [0.29, 0.717) is 13.2 Å². The average molecular weight is 167 g/mol. The van der Waals surface area contributed by atoms with Gasteiger partial charge in [0.25, 0.3) is 0 Å². The zero-order valence-electron chi connectivity index (χ0n) is 5.93. The van der Waals surface area contributed by atoms with Crippen LogP contribution in [0.25, 0.3) is 0 Å². The van der Waals surface area contributed by atoms with Crippen LogP contribution in [0.5, 0.6) is 0 Å². The van der Waals surface area contributed by atoms with Crippen LogP contribution in [0.1, 0.15) is 6.42 Å². The molecule has 0 atom stereocenters. The fourth-order valence-electron chi connectivity index (χ4n) is 0.428. The maximum Gasteiger partial charge on any atom is 0.320 e. The van der Waals surface area contributed by atoms with Crippen molar-refractivity contribution in [2.75, 3.05) is 26.2 Å². The van der Waals surface area contributed by atoms with Gasteiger partial charge in [0.05, 0.1) is 6.61 Å². The minimum atomic E-state index is -0.377. The first-order chi connectivity index (χ1) is 4.81. The molecule has 0 unspecified atom stereocenters. The van der Waals surface area contributed by atoms with Gasteiger partial charge < -0.3 is 9.47 Å². The minimum absolute atomic E-state index is 0.0764. The van der Waals surface area contributed by atoms with Gasteiger partial charge in [-0.25, -0.2) is 0 Å². The zero-order valence-corrected chi connectivity index (χ0v) is 6.69. The third-order valence-electron chi connectivity index (χ3n) is 0.865. The summed E-state index contributed by atoms with van der Waals surface area (Å²) in [7, 11) is 1.60. The molecule has 0 N–H and O–H groups in total. The van der Waals surface area contributed by atoms with Crippen molar-refractivity contribution in [2.45, 2.75) is 6.42 Å². The summed E-state index contributed by atoms with van der Waals surface area (Å²) >= 11 is 5.16. The summed E-state index contributed by atoms with van der Waals surface area (Å²) in [6.45, 7) is 0.995. The number of halogens is 1. The standard InChI is InChI=1S/C6H11ClO3/c1-9-3-2-4-10-6(8)5-7/h2-5H2,1H3. The van der Waals surface area contributed by atoms with Crippen molar-refractivity contribution in [1.29, 1.82) is 0 Å². The van der Waals surface area contributed by atoms with Crippen molar-refractivity contribution in [2.24, 2.45) is 0 Å². The van der Waals surface area contributed by atoms with Crippen molar-refractivity contribution in [3.63, 3.8) is 0 Å². The smallest absolute Gasteiger partial charge is 0.320 e. The number of alkyl halides is 1. The summed E-state index contributed by atoms with van der Waals surface area (Å²) in [4.78, 5) is 10.4. The molecule has 0 aliphatic heterocycles. The van der Waals surface area contributed by atoms with E-state index in [0.717, 1.165) is 6.42 Å². The highest BCUT2D eigenvalue weighted by Crippen LogP contribution is 1.86. The Morgan fingerprint density at radius 3 is 2.70 bits per heavy atom. The molecule has 3 nitrogen and oxygen atoms in total. The van der Waals surface area contributed by atoms with Crippen LogP contribution >= 0.6 is 11.6 Å². The number of methoxy groups -OCH3 is 1. The highest BCUT2D eigenvalue weighted by atomic mass is 35.5. The zero-order chi connectivity index (χ0) is 7.82. The van der Waals surface area contributed by atoms with Gasteiger partial charge in [0.15, 0.2) is 0 Å². The Kier molecular flexibility index (Phi) is 6.64. The maximum atomic E-state index is 10.4. The van der Waals surface area contributed by atoms with Crippen molar-refractivity contribution in [3.8, 4) is 0 Å². The number of hydrogen-bond acceptors (Lipinski definition) is 3. The molecule has 0 aromatic heterocycles. The molecule has 0 aliphatic carbocycles. The molecule has 0 spiro atoms. The molecule has 60 valence electrons. The number of hydrogen-bond donors (Lipinski definition) is 0. The van der Waals surface area contributed by atoms with E-state index in [4.69, 9.17) is 16.3 Å². The molecule has 0 bridgehead atoms. The predicted octanol–water partition coefficient (Wildman–Crippen LogP) is 0.805. The normalized spacial score (nSPS) is 9.40. The Labute approximate surface area is 65.3 Å². The van der Waals surface area contributed by atoms with Crippen molar-refractivity contribution < 1.29 is 14.3 Å². The number of rotatable bonds is 5. The first-order valence-electron chi connectivity index (χ1n) is 3.01. The summed E-state index contributed by atoms with van der Waals surface area (Å²) in [6.07, 6.45) is 0.721. The molecule has 0 aromatic rings. The van der Waals surface area contributed by atoms with Gasteiger partial charge in [-0.3, -0.25) is 4.79 Å². The van der Waals surface area contributed by atoms with Gasteiger partial charge in [-0.15, -0.1) is 11.6 Å². The average Bonchev–Trinajstić information content (AvgIpc) is 1.98. The van der Waals surface area contributed by atoms with Gasteiger partial charge in [0.2, 0.25) is 0 Å². The summed E-state index contributed by atoms with van der Waals surface area (Å²) in [5.74, 6) is -0.453. The van der Waals surface area contributed by atoms with E-state index in [1.54, 1.807) is 7.11 Å². The number of carbonyl (C=O) groups is 1. The van der Waals surface area contributed by atoms with Crippen molar-refractivity contribution in [3.05, 3.63) is 0 Å². The fraction of sp³-hybridized carbons (Fsp3) is 0.833. The van der Waals surface area contributed by atoms with Crippen LogP contribution in [0.4, 0.5) is 0 Å². The van der Waals surface area contributed by atoms with Crippen LogP contribution in [0, 0.1) is 0 Å². The van der Waals surface area contributed by atoms with Crippen LogP contribution in [-0.4, -0.2) is 32.2 Å². The summed E-state index contributed by atoms with van der Waals surface area (Å²) < 4.78 is 9.38. The molecule has 0 heterocycles. The quantitative estimate of drug-likeness (QED) is 0.345. The highest BCUT2D eigenvalue weighted by Gasteiger charge is 1.97. The molecule has 0 fully saturated rings. The molecule has 4 heteroatoms. The van der Waals surface area contributed by atoms with Gasteiger partial charge in [-0.2, -0.15) is 0 Å². The minimum Gasteiger partial charge on any atom is -0.465 e. The maximum absolute atomic E-state index is 10.4. The molecular formula is C6H11ClO3. The number of ether oxygens (including phenoxy) is 2. The summed E-state index contributed by atoms with van der Waals surface area (Å²) in [5.41, 5.74) is 0. The SMILES string of the molecule is COCCCOC(=O)CCl. The Hall–Kier alpha value is -0.280. The lowest BCUT2D eigenvalue weighted by Gasteiger charge is -2.00. The van der Waals surface area contributed by atoms with E-state index >= 15 is 0 Å². The Balaban J connectivity index is 2.96. The van der Waals surface area contributed by atoms with E-state index in [9.17, 15) is 4.79 Å². The lowest BCUT2D eigenvalue weighted by Crippen LogP contribution is -2.08. The van der Waals surface area contributed by atoms with Crippen LogP contribution < -0.4 is 0 Å².